The summed E-state index contributed by atoms with van der Waals surface area (Å²) in [6.45, 7) is 0.706. The fourth-order valence-electron chi connectivity index (χ4n) is 2.25. The van der Waals surface area contributed by atoms with Gasteiger partial charge in [0.15, 0.2) is 0 Å². The molecule has 26 heavy (non-hydrogen) atoms. The predicted octanol–water partition coefficient (Wildman–Crippen LogP) is 2.97. The maximum absolute atomic E-state index is 12.1. The number of nitriles is 1. The largest absolute Gasteiger partial charge is 0.325 e. The molecule has 0 fully saturated rings. The summed E-state index contributed by atoms with van der Waals surface area (Å²) in [6.07, 6.45) is 1.18. The van der Waals surface area contributed by atoms with Gasteiger partial charge in [0, 0.05) is 23.5 Å². The maximum atomic E-state index is 12.1. The van der Waals surface area contributed by atoms with E-state index in [1.807, 2.05) is 11.4 Å². The predicted molar refractivity (Wildman–Crippen MR) is 101 cm³/mol. The normalized spacial score (nSPS) is 10.4. The summed E-state index contributed by atoms with van der Waals surface area (Å²) in [6, 6.07) is 13.1. The number of carbonyl (C=O) groups excluding carboxylic acids is 1. The smallest absolute Gasteiger partial charge is 0.225 e. The zero-order valence-corrected chi connectivity index (χ0v) is 15.5. The van der Waals surface area contributed by atoms with Gasteiger partial charge in [-0.2, -0.15) is 5.26 Å². The molecule has 132 valence electrons. The highest BCUT2D eigenvalue weighted by molar-refractivity contribution is 7.99. The van der Waals surface area contributed by atoms with Gasteiger partial charge in [0.25, 0.3) is 0 Å². The van der Waals surface area contributed by atoms with Gasteiger partial charge in [0.1, 0.15) is 6.07 Å². The van der Waals surface area contributed by atoms with Crippen molar-refractivity contribution in [1.82, 2.24) is 20.2 Å². The fraction of sp³-hybridized carbons (Fsp3) is 0.235. The second-order valence-corrected chi connectivity index (χ2v) is 7.41. The minimum atomic E-state index is -0.141. The Morgan fingerprint density at radius 3 is 3.00 bits per heavy atom. The van der Waals surface area contributed by atoms with Crippen molar-refractivity contribution in [3.8, 4) is 6.07 Å². The summed E-state index contributed by atoms with van der Waals surface area (Å²) < 4.78 is 1.76. The van der Waals surface area contributed by atoms with Crippen LogP contribution in [0.25, 0.3) is 0 Å². The van der Waals surface area contributed by atoms with Gasteiger partial charge in [-0.15, -0.1) is 16.4 Å². The van der Waals surface area contributed by atoms with Crippen LogP contribution in [0.2, 0.25) is 0 Å². The Hall–Kier alpha value is -2.70. The minimum Gasteiger partial charge on any atom is -0.325 e. The molecule has 0 saturated carbocycles. The third-order valence-corrected chi connectivity index (χ3v) is 5.43. The highest BCUT2D eigenvalue weighted by Crippen LogP contribution is 2.18. The second-order valence-electron chi connectivity index (χ2n) is 5.32. The van der Waals surface area contributed by atoms with Crippen LogP contribution in [0.4, 0.5) is 5.69 Å². The number of hydrogen-bond donors (Lipinski definition) is 1. The number of nitrogens with one attached hydrogen (secondary N) is 1. The van der Waals surface area contributed by atoms with Crippen LogP contribution in [-0.4, -0.2) is 31.9 Å². The van der Waals surface area contributed by atoms with Crippen LogP contribution in [0.15, 0.2) is 46.9 Å². The van der Waals surface area contributed by atoms with Crippen molar-refractivity contribution in [2.75, 3.05) is 11.1 Å². The molecular weight excluding hydrogens is 368 g/mol. The summed E-state index contributed by atoms with van der Waals surface area (Å²) in [5.74, 6) is 0.415. The molecule has 2 aromatic heterocycles. The number of aryl methyl sites for hydroxylation is 2. The molecule has 0 aliphatic carbocycles. The Morgan fingerprint density at radius 2 is 2.19 bits per heavy atom. The van der Waals surface area contributed by atoms with Crippen molar-refractivity contribution in [3.05, 3.63) is 52.2 Å². The Kier molecular flexibility index (Phi) is 6.35. The van der Waals surface area contributed by atoms with E-state index in [1.54, 1.807) is 40.3 Å². The summed E-state index contributed by atoms with van der Waals surface area (Å²) in [5.41, 5.74) is 0.983. The van der Waals surface area contributed by atoms with Crippen LogP contribution < -0.4 is 5.32 Å². The standard InChI is InChI=1S/C17H16N6OS2/c18-12-13-4-1-2-6-15(13)19-16(24)8-11-26-17-20-21-22-23(17)9-7-14-5-3-10-25-14/h1-6,10H,7-9,11H2,(H,19,24). The van der Waals surface area contributed by atoms with Gasteiger partial charge in [-0.05, 0) is 34.0 Å². The first kappa shape index (κ1) is 18.1. The third-order valence-electron chi connectivity index (χ3n) is 3.53. The molecule has 1 aromatic carbocycles. The number of hydrogen-bond acceptors (Lipinski definition) is 7. The lowest BCUT2D eigenvalue weighted by Gasteiger charge is -2.06. The van der Waals surface area contributed by atoms with E-state index in [4.69, 9.17) is 5.26 Å². The first-order chi connectivity index (χ1) is 12.8. The number of benzene rings is 1. The van der Waals surface area contributed by atoms with E-state index in [0.717, 1.165) is 6.42 Å². The van der Waals surface area contributed by atoms with Crippen molar-refractivity contribution in [1.29, 1.82) is 5.26 Å². The number of nitrogens with zero attached hydrogens (tertiary/aromatic N) is 5. The van der Waals surface area contributed by atoms with Crippen molar-refractivity contribution in [2.24, 2.45) is 0 Å². The molecule has 0 saturated heterocycles. The summed E-state index contributed by atoms with van der Waals surface area (Å²) >= 11 is 3.16. The number of tetrazole rings is 1. The number of aromatic nitrogens is 4. The molecule has 2 heterocycles. The van der Waals surface area contributed by atoms with Gasteiger partial charge in [-0.25, -0.2) is 4.68 Å². The molecule has 0 unspecified atom stereocenters. The van der Waals surface area contributed by atoms with Crippen LogP contribution >= 0.6 is 23.1 Å². The molecule has 3 rings (SSSR count). The van der Waals surface area contributed by atoms with E-state index < -0.39 is 0 Å². The Morgan fingerprint density at radius 1 is 1.31 bits per heavy atom. The Labute approximate surface area is 159 Å². The zero-order valence-electron chi connectivity index (χ0n) is 13.8. The number of amides is 1. The number of thiophene rings is 1. The third kappa shape index (κ3) is 4.91. The van der Waals surface area contributed by atoms with Crippen LogP contribution in [0, 0.1) is 11.3 Å². The molecule has 1 amide bonds. The van der Waals surface area contributed by atoms with E-state index in [1.165, 1.54) is 16.6 Å². The first-order valence-electron chi connectivity index (χ1n) is 7.96. The van der Waals surface area contributed by atoms with E-state index >= 15 is 0 Å². The molecule has 0 atom stereocenters. The van der Waals surface area contributed by atoms with Crippen LogP contribution in [0.1, 0.15) is 16.9 Å². The number of rotatable bonds is 8. The summed E-state index contributed by atoms with van der Waals surface area (Å²) in [4.78, 5) is 13.4. The molecular formula is C17H16N6OS2. The van der Waals surface area contributed by atoms with Crippen LogP contribution in [0.3, 0.4) is 0 Å². The minimum absolute atomic E-state index is 0.141. The first-order valence-corrected chi connectivity index (χ1v) is 9.83. The number of para-hydroxylation sites is 1. The molecule has 7 nitrogen and oxygen atoms in total. The number of thioether (sulfide) groups is 1. The van der Waals surface area contributed by atoms with Gasteiger partial charge >= 0.3 is 0 Å². The van der Waals surface area contributed by atoms with E-state index in [-0.39, 0.29) is 5.91 Å². The van der Waals surface area contributed by atoms with E-state index in [0.29, 0.717) is 35.1 Å². The quantitative estimate of drug-likeness (QED) is 0.600. The maximum Gasteiger partial charge on any atom is 0.225 e. The van der Waals surface area contributed by atoms with Gasteiger partial charge < -0.3 is 5.32 Å². The lowest BCUT2D eigenvalue weighted by Crippen LogP contribution is -2.13. The Bertz CT molecular complexity index is 900. The molecule has 3 aromatic rings. The fourth-order valence-corrected chi connectivity index (χ4v) is 3.79. The second kappa shape index (κ2) is 9.12. The van der Waals surface area contributed by atoms with Crippen molar-refractivity contribution < 1.29 is 4.79 Å². The molecule has 0 spiro atoms. The lowest BCUT2D eigenvalue weighted by molar-refractivity contribution is -0.115. The average Bonchev–Trinajstić information content (AvgIpc) is 3.32. The van der Waals surface area contributed by atoms with Crippen molar-refractivity contribution >= 4 is 34.7 Å². The van der Waals surface area contributed by atoms with Gasteiger partial charge in [-0.1, -0.05) is 30.0 Å². The van der Waals surface area contributed by atoms with E-state index in [9.17, 15) is 4.79 Å². The molecule has 0 radical (unpaired) electrons. The highest BCUT2D eigenvalue weighted by atomic mass is 32.2. The Balaban J connectivity index is 1.47. The van der Waals surface area contributed by atoms with Crippen LogP contribution in [0.5, 0.6) is 0 Å². The van der Waals surface area contributed by atoms with Gasteiger partial charge in [-0.3, -0.25) is 4.79 Å². The highest BCUT2D eigenvalue weighted by Gasteiger charge is 2.10. The van der Waals surface area contributed by atoms with Crippen molar-refractivity contribution in [2.45, 2.75) is 24.5 Å². The molecule has 0 bridgehead atoms. The topological polar surface area (TPSA) is 96.5 Å². The molecule has 0 aliphatic heterocycles. The zero-order chi connectivity index (χ0) is 18.2. The van der Waals surface area contributed by atoms with Crippen LogP contribution in [-0.2, 0) is 17.8 Å². The summed E-state index contributed by atoms with van der Waals surface area (Å²) in [5, 5.41) is 26.3. The van der Waals surface area contributed by atoms with Crippen molar-refractivity contribution in [3.63, 3.8) is 0 Å². The average molecular weight is 384 g/mol. The SMILES string of the molecule is N#Cc1ccccc1NC(=O)CCSc1nnnn1CCc1cccs1. The van der Waals surface area contributed by atoms with E-state index in [2.05, 4.69) is 33.0 Å². The molecule has 9 heteroatoms. The molecule has 0 aliphatic rings. The van der Waals surface area contributed by atoms with Gasteiger partial charge in [0.05, 0.1) is 17.8 Å². The lowest BCUT2D eigenvalue weighted by atomic mass is 10.2. The van der Waals surface area contributed by atoms with Gasteiger partial charge in [0.2, 0.25) is 11.1 Å². The number of anilines is 1. The number of carbonyl (C=O) groups is 1. The monoisotopic (exact) mass is 384 g/mol. The summed E-state index contributed by atoms with van der Waals surface area (Å²) in [7, 11) is 0. The molecule has 1 N–H and O–H groups in total.